The zero-order chi connectivity index (χ0) is 19.5. The maximum absolute atomic E-state index is 12.8. The average Bonchev–Trinajstić information content (AvgIpc) is 3.18. The van der Waals surface area contributed by atoms with E-state index in [4.69, 9.17) is 0 Å². The molecule has 1 aromatic carbocycles. The molecule has 0 aliphatic heterocycles. The Kier molecular flexibility index (Phi) is 5.43. The molecule has 1 aliphatic carbocycles. The van der Waals surface area contributed by atoms with Crippen LogP contribution in [0, 0.1) is 0 Å². The lowest BCUT2D eigenvalue weighted by Gasteiger charge is -2.10. The van der Waals surface area contributed by atoms with Crippen LogP contribution in [0.25, 0.3) is 11.0 Å². The standard InChI is InChI=1S/C21H28N6O/c1-26(2)11-6-12-27-14-22-18-13-15(9-10-19(18)27)23-21(28)20-16-7-4-3-5-8-17(16)24-25-20/h9-10,13-14H,3-8,11-12H2,1-2H3,(H,23,28)(H,24,25). The van der Waals surface area contributed by atoms with Gasteiger partial charge < -0.3 is 14.8 Å². The van der Waals surface area contributed by atoms with Gasteiger partial charge in [-0.15, -0.1) is 0 Å². The van der Waals surface area contributed by atoms with Gasteiger partial charge in [0.25, 0.3) is 5.91 Å². The van der Waals surface area contributed by atoms with Crippen molar-refractivity contribution >= 4 is 22.6 Å². The van der Waals surface area contributed by atoms with Crippen molar-refractivity contribution in [2.45, 2.75) is 45.1 Å². The molecule has 0 saturated heterocycles. The summed E-state index contributed by atoms with van der Waals surface area (Å²) >= 11 is 0. The van der Waals surface area contributed by atoms with Gasteiger partial charge in [0.1, 0.15) is 0 Å². The first-order valence-corrected chi connectivity index (χ1v) is 10.1. The number of imidazole rings is 1. The van der Waals surface area contributed by atoms with Gasteiger partial charge in [-0.05, 0) is 70.9 Å². The highest BCUT2D eigenvalue weighted by Crippen LogP contribution is 2.23. The van der Waals surface area contributed by atoms with Crippen molar-refractivity contribution in [2.75, 3.05) is 26.0 Å². The molecule has 2 aromatic heterocycles. The molecule has 3 aromatic rings. The summed E-state index contributed by atoms with van der Waals surface area (Å²) in [6.45, 7) is 1.97. The van der Waals surface area contributed by atoms with Crippen molar-refractivity contribution in [1.29, 1.82) is 0 Å². The van der Waals surface area contributed by atoms with Crippen molar-refractivity contribution in [1.82, 2.24) is 24.6 Å². The van der Waals surface area contributed by atoms with E-state index >= 15 is 0 Å². The van der Waals surface area contributed by atoms with Crippen molar-refractivity contribution in [3.05, 3.63) is 41.5 Å². The van der Waals surface area contributed by atoms with Crippen LogP contribution in [0.1, 0.15) is 47.4 Å². The summed E-state index contributed by atoms with van der Waals surface area (Å²) in [6.07, 6.45) is 8.32. The first-order valence-electron chi connectivity index (χ1n) is 10.1. The zero-order valence-corrected chi connectivity index (χ0v) is 16.7. The molecule has 2 heterocycles. The third-order valence-electron chi connectivity index (χ3n) is 5.40. The van der Waals surface area contributed by atoms with Crippen LogP contribution in [0.3, 0.4) is 0 Å². The van der Waals surface area contributed by atoms with E-state index in [1.807, 2.05) is 24.5 Å². The van der Waals surface area contributed by atoms with Gasteiger partial charge in [0.05, 0.1) is 17.4 Å². The van der Waals surface area contributed by atoms with Crippen LogP contribution in [0.2, 0.25) is 0 Å². The van der Waals surface area contributed by atoms with Gasteiger partial charge in [-0.2, -0.15) is 5.10 Å². The SMILES string of the molecule is CN(C)CCCn1cnc2cc(NC(=O)c3n[nH]c4c3CCCCC4)ccc21. The number of nitrogens with one attached hydrogen (secondary N) is 2. The van der Waals surface area contributed by atoms with E-state index in [-0.39, 0.29) is 5.91 Å². The molecule has 7 nitrogen and oxygen atoms in total. The first-order chi connectivity index (χ1) is 13.6. The van der Waals surface area contributed by atoms with Crippen LogP contribution in [-0.4, -0.2) is 51.2 Å². The van der Waals surface area contributed by atoms with E-state index in [0.717, 1.165) is 73.2 Å². The second-order valence-electron chi connectivity index (χ2n) is 7.84. The van der Waals surface area contributed by atoms with E-state index in [1.54, 1.807) is 0 Å². The van der Waals surface area contributed by atoms with Gasteiger partial charge in [-0.3, -0.25) is 9.89 Å². The summed E-state index contributed by atoms with van der Waals surface area (Å²) in [7, 11) is 4.17. The highest BCUT2D eigenvalue weighted by atomic mass is 16.1. The third kappa shape index (κ3) is 3.94. The summed E-state index contributed by atoms with van der Waals surface area (Å²) in [4.78, 5) is 19.5. The Bertz CT molecular complexity index is 971. The number of aromatic amines is 1. The maximum Gasteiger partial charge on any atom is 0.276 e. The molecule has 1 amide bonds. The number of anilines is 1. The predicted molar refractivity (Wildman–Crippen MR) is 111 cm³/mol. The molecule has 28 heavy (non-hydrogen) atoms. The van der Waals surface area contributed by atoms with Crippen LogP contribution in [0.5, 0.6) is 0 Å². The molecular weight excluding hydrogens is 352 g/mol. The number of carbonyl (C=O) groups excluding carboxylic acids is 1. The predicted octanol–water partition coefficient (Wildman–Crippen LogP) is 3.23. The van der Waals surface area contributed by atoms with E-state index in [1.165, 1.54) is 6.42 Å². The molecule has 0 atom stereocenters. The highest BCUT2D eigenvalue weighted by Gasteiger charge is 2.21. The van der Waals surface area contributed by atoms with Gasteiger partial charge >= 0.3 is 0 Å². The maximum atomic E-state index is 12.8. The number of aryl methyl sites for hydroxylation is 2. The Morgan fingerprint density at radius 2 is 2.11 bits per heavy atom. The molecule has 0 saturated carbocycles. The molecular formula is C21H28N6O. The van der Waals surface area contributed by atoms with Crippen LogP contribution < -0.4 is 5.32 Å². The monoisotopic (exact) mass is 380 g/mol. The molecule has 148 valence electrons. The molecule has 2 N–H and O–H groups in total. The molecule has 0 fully saturated rings. The Hall–Kier alpha value is -2.67. The normalized spacial score (nSPS) is 14.2. The zero-order valence-electron chi connectivity index (χ0n) is 16.7. The van der Waals surface area contributed by atoms with E-state index in [2.05, 4.69) is 44.1 Å². The second kappa shape index (κ2) is 8.14. The molecule has 7 heteroatoms. The number of aromatic nitrogens is 4. The summed E-state index contributed by atoms with van der Waals surface area (Å²) in [5.41, 5.74) is 5.47. The highest BCUT2D eigenvalue weighted by molar-refractivity contribution is 6.04. The van der Waals surface area contributed by atoms with Crippen LogP contribution in [-0.2, 0) is 19.4 Å². The molecule has 0 bridgehead atoms. The minimum Gasteiger partial charge on any atom is -0.331 e. The minimum absolute atomic E-state index is 0.149. The molecule has 1 aliphatic rings. The van der Waals surface area contributed by atoms with Crippen molar-refractivity contribution in [2.24, 2.45) is 0 Å². The third-order valence-corrected chi connectivity index (χ3v) is 5.40. The summed E-state index contributed by atoms with van der Waals surface area (Å²) in [5, 5.41) is 10.3. The molecule has 4 rings (SSSR count). The average molecular weight is 380 g/mol. The Morgan fingerprint density at radius 3 is 2.96 bits per heavy atom. The Morgan fingerprint density at radius 1 is 1.25 bits per heavy atom. The lowest BCUT2D eigenvalue weighted by Crippen LogP contribution is -2.15. The van der Waals surface area contributed by atoms with Crippen LogP contribution in [0.4, 0.5) is 5.69 Å². The fourth-order valence-electron chi connectivity index (χ4n) is 3.91. The topological polar surface area (TPSA) is 78.8 Å². The number of hydrogen-bond donors (Lipinski definition) is 2. The van der Waals surface area contributed by atoms with Gasteiger partial charge in [-0.25, -0.2) is 4.98 Å². The summed E-state index contributed by atoms with van der Waals surface area (Å²) in [6, 6.07) is 5.90. The number of fused-ring (bicyclic) bond motifs is 2. The van der Waals surface area contributed by atoms with Crippen molar-refractivity contribution < 1.29 is 4.79 Å². The second-order valence-corrected chi connectivity index (χ2v) is 7.84. The summed E-state index contributed by atoms with van der Waals surface area (Å²) < 4.78 is 2.16. The lowest BCUT2D eigenvalue weighted by molar-refractivity contribution is 0.102. The molecule has 0 unspecified atom stereocenters. The molecule has 0 spiro atoms. The lowest BCUT2D eigenvalue weighted by atomic mass is 10.1. The van der Waals surface area contributed by atoms with E-state index in [9.17, 15) is 4.79 Å². The number of carbonyl (C=O) groups is 1. The van der Waals surface area contributed by atoms with Crippen LogP contribution >= 0.6 is 0 Å². The smallest absolute Gasteiger partial charge is 0.276 e. The van der Waals surface area contributed by atoms with E-state index in [0.29, 0.717) is 5.69 Å². The number of nitrogens with zero attached hydrogens (tertiary/aromatic N) is 4. The van der Waals surface area contributed by atoms with Gasteiger partial charge in [0, 0.05) is 23.5 Å². The number of hydrogen-bond acceptors (Lipinski definition) is 4. The van der Waals surface area contributed by atoms with Crippen molar-refractivity contribution in [3.63, 3.8) is 0 Å². The largest absolute Gasteiger partial charge is 0.331 e. The number of amides is 1. The minimum atomic E-state index is -0.149. The van der Waals surface area contributed by atoms with Gasteiger partial charge in [0.2, 0.25) is 0 Å². The van der Waals surface area contributed by atoms with Gasteiger partial charge in [-0.1, -0.05) is 6.42 Å². The van der Waals surface area contributed by atoms with Gasteiger partial charge in [0.15, 0.2) is 5.69 Å². The van der Waals surface area contributed by atoms with Crippen LogP contribution in [0.15, 0.2) is 24.5 Å². The first kappa shape index (κ1) is 18.7. The number of benzene rings is 1. The number of rotatable bonds is 6. The van der Waals surface area contributed by atoms with Crippen molar-refractivity contribution in [3.8, 4) is 0 Å². The Balaban J connectivity index is 1.48. The fraction of sp³-hybridized carbons (Fsp3) is 0.476. The Labute approximate surface area is 165 Å². The molecule has 0 radical (unpaired) electrons. The number of H-pyrrole nitrogens is 1. The fourth-order valence-corrected chi connectivity index (χ4v) is 3.91. The summed E-state index contributed by atoms with van der Waals surface area (Å²) in [5.74, 6) is -0.149. The van der Waals surface area contributed by atoms with E-state index < -0.39 is 0 Å². The quantitative estimate of drug-likeness (QED) is 0.644.